The number of hydrogen-bond acceptors (Lipinski definition) is 3. The molecule has 0 saturated heterocycles. The monoisotopic (exact) mass is 288 g/mol. The van der Waals surface area contributed by atoms with E-state index in [0.29, 0.717) is 17.7 Å². The molecule has 2 aromatic rings. The van der Waals surface area contributed by atoms with Crippen molar-refractivity contribution >= 4 is 16.7 Å². The van der Waals surface area contributed by atoms with Crippen molar-refractivity contribution in [2.75, 3.05) is 13.7 Å². The van der Waals surface area contributed by atoms with E-state index >= 15 is 0 Å². The number of methoxy groups -OCH3 is 1. The maximum Gasteiger partial charge on any atom is 0.336 e. The molecule has 0 atom stereocenters. The van der Waals surface area contributed by atoms with Gasteiger partial charge in [0, 0.05) is 18.9 Å². The Morgan fingerprint density at radius 1 is 1.14 bits per heavy atom. The van der Waals surface area contributed by atoms with Gasteiger partial charge in [0.2, 0.25) is 0 Å². The van der Waals surface area contributed by atoms with Crippen LogP contribution in [0.4, 0.5) is 0 Å². The molecule has 2 aromatic carbocycles. The summed E-state index contributed by atoms with van der Waals surface area (Å²) in [5, 5.41) is 10.7. The number of fused-ring (bicyclic) bond motifs is 1. The summed E-state index contributed by atoms with van der Waals surface area (Å²) in [6.07, 6.45) is 0.749. The van der Waals surface area contributed by atoms with Crippen molar-refractivity contribution in [2.24, 2.45) is 0 Å². The zero-order valence-electron chi connectivity index (χ0n) is 12.6. The van der Waals surface area contributed by atoms with E-state index in [-0.39, 0.29) is 11.2 Å². The smallest absolute Gasteiger partial charge is 0.336 e. The molecule has 4 heteroatoms. The van der Waals surface area contributed by atoms with Crippen LogP contribution in [0.25, 0.3) is 10.8 Å². The topological polar surface area (TPSA) is 55.8 Å². The quantitative estimate of drug-likeness (QED) is 0.880. The summed E-state index contributed by atoms with van der Waals surface area (Å²) in [6, 6.07) is 10.7. The molecule has 0 fully saturated rings. The van der Waals surface area contributed by atoms with E-state index in [1.54, 1.807) is 25.3 Å². The fourth-order valence-corrected chi connectivity index (χ4v) is 2.09. The average Bonchev–Trinajstić information content (AvgIpc) is 2.47. The van der Waals surface area contributed by atoms with E-state index in [0.717, 1.165) is 11.8 Å². The van der Waals surface area contributed by atoms with Crippen LogP contribution in [-0.2, 0) is 4.74 Å². The lowest BCUT2D eigenvalue weighted by atomic mass is 10.0. The second kappa shape index (κ2) is 6.14. The van der Waals surface area contributed by atoms with Gasteiger partial charge in [-0.25, -0.2) is 4.79 Å². The first kappa shape index (κ1) is 15.3. The van der Waals surface area contributed by atoms with Crippen molar-refractivity contribution in [3.63, 3.8) is 0 Å². The SMILES string of the molecule is COC(C)(C)CCOc1ccc(C(=O)O)c2ccccc12. The third kappa shape index (κ3) is 3.52. The summed E-state index contributed by atoms with van der Waals surface area (Å²) < 4.78 is 11.2. The number of rotatable bonds is 6. The van der Waals surface area contributed by atoms with Gasteiger partial charge in [0.25, 0.3) is 0 Å². The van der Waals surface area contributed by atoms with Gasteiger partial charge in [0.05, 0.1) is 17.8 Å². The van der Waals surface area contributed by atoms with Crippen molar-refractivity contribution in [2.45, 2.75) is 25.9 Å². The zero-order valence-corrected chi connectivity index (χ0v) is 12.6. The van der Waals surface area contributed by atoms with Crippen LogP contribution >= 0.6 is 0 Å². The molecule has 0 aliphatic rings. The van der Waals surface area contributed by atoms with Gasteiger partial charge in [0.1, 0.15) is 5.75 Å². The van der Waals surface area contributed by atoms with Crippen molar-refractivity contribution in [3.8, 4) is 5.75 Å². The zero-order chi connectivity index (χ0) is 15.5. The highest BCUT2D eigenvalue weighted by atomic mass is 16.5. The van der Waals surface area contributed by atoms with Gasteiger partial charge in [-0.1, -0.05) is 24.3 Å². The Hall–Kier alpha value is -2.07. The number of hydrogen-bond donors (Lipinski definition) is 1. The van der Waals surface area contributed by atoms with Crippen LogP contribution in [0.5, 0.6) is 5.75 Å². The minimum atomic E-state index is -0.932. The first-order valence-electron chi connectivity index (χ1n) is 6.87. The number of carboxylic acids is 1. The highest BCUT2D eigenvalue weighted by Crippen LogP contribution is 2.29. The Kier molecular flexibility index (Phi) is 4.48. The lowest BCUT2D eigenvalue weighted by molar-refractivity contribution is 0.00558. The minimum Gasteiger partial charge on any atom is -0.493 e. The van der Waals surface area contributed by atoms with Crippen molar-refractivity contribution in [3.05, 3.63) is 42.0 Å². The molecule has 21 heavy (non-hydrogen) atoms. The molecule has 112 valence electrons. The second-order valence-corrected chi connectivity index (χ2v) is 5.52. The summed E-state index contributed by atoms with van der Waals surface area (Å²) in [4.78, 5) is 11.3. The molecule has 0 saturated carbocycles. The van der Waals surface area contributed by atoms with Crippen LogP contribution in [-0.4, -0.2) is 30.4 Å². The molecule has 0 aliphatic heterocycles. The predicted molar refractivity (Wildman–Crippen MR) is 82.1 cm³/mol. The Morgan fingerprint density at radius 2 is 1.81 bits per heavy atom. The Balaban J connectivity index is 2.26. The van der Waals surface area contributed by atoms with Crippen LogP contribution in [0.15, 0.2) is 36.4 Å². The summed E-state index contributed by atoms with van der Waals surface area (Å²) in [5.41, 5.74) is 0.0479. The van der Waals surface area contributed by atoms with Gasteiger partial charge in [-0.3, -0.25) is 0 Å². The standard InChI is InChI=1S/C17H20O4/c1-17(2,20-3)10-11-21-15-9-8-14(16(18)19)12-6-4-5-7-13(12)15/h4-9H,10-11H2,1-3H3,(H,18,19). The molecular weight excluding hydrogens is 268 g/mol. The Bertz CT molecular complexity index is 646. The molecule has 0 unspecified atom stereocenters. The highest BCUT2D eigenvalue weighted by Gasteiger charge is 2.17. The normalized spacial score (nSPS) is 11.6. The fraction of sp³-hybridized carbons (Fsp3) is 0.353. The lowest BCUT2D eigenvalue weighted by Gasteiger charge is -2.23. The van der Waals surface area contributed by atoms with Gasteiger partial charge < -0.3 is 14.6 Å². The summed E-state index contributed by atoms with van der Waals surface area (Å²) in [7, 11) is 1.68. The number of ether oxygens (including phenoxy) is 2. The van der Waals surface area contributed by atoms with Gasteiger partial charge in [-0.2, -0.15) is 0 Å². The second-order valence-electron chi connectivity index (χ2n) is 5.52. The van der Waals surface area contributed by atoms with Crippen LogP contribution in [0, 0.1) is 0 Å². The first-order chi connectivity index (χ1) is 9.94. The first-order valence-corrected chi connectivity index (χ1v) is 6.87. The minimum absolute atomic E-state index is 0.239. The van der Waals surface area contributed by atoms with Crippen molar-refractivity contribution in [1.29, 1.82) is 0 Å². The van der Waals surface area contributed by atoms with E-state index in [1.807, 2.05) is 32.0 Å². The predicted octanol–water partition coefficient (Wildman–Crippen LogP) is 3.73. The molecular formula is C17H20O4. The molecule has 0 aromatic heterocycles. The van der Waals surface area contributed by atoms with Gasteiger partial charge >= 0.3 is 5.97 Å². The van der Waals surface area contributed by atoms with Crippen molar-refractivity contribution < 1.29 is 19.4 Å². The van der Waals surface area contributed by atoms with Gasteiger partial charge in [-0.05, 0) is 31.4 Å². The third-order valence-corrected chi connectivity index (χ3v) is 3.63. The van der Waals surface area contributed by atoms with Crippen LogP contribution in [0.3, 0.4) is 0 Å². The summed E-state index contributed by atoms with van der Waals surface area (Å²) >= 11 is 0. The molecule has 4 nitrogen and oxygen atoms in total. The number of aromatic carboxylic acids is 1. The fourth-order valence-electron chi connectivity index (χ4n) is 2.09. The van der Waals surface area contributed by atoms with Crippen molar-refractivity contribution in [1.82, 2.24) is 0 Å². The average molecular weight is 288 g/mol. The van der Waals surface area contributed by atoms with Crippen LogP contribution < -0.4 is 4.74 Å². The number of benzene rings is 2. The highest BCUT2D eigenvalue weighted by molar-refractivity contribution is 6.05. The lowest BCUT2D eigenvalue weighted by Crippen LogP contribution is -2.25. The molecule has 0 heterocycles. The maximum atomic E-state index is 11.3. The molecule has 2 rings (SSSR count). The molecule has 0 amide bonds. The number of carboxylic acid groups (broad SMARTS) is 1. The van der Waals surface area contributed by atoms with E-state index in [2.05, 4.69) is 0 Å². The molecule has 0 aliphatic carbocycles. The Morgan fingerprint density at radius 3 is 2.43 bits per heavy atom. The van der Waals surface area contributed by atoms with E-state index < -0.39 is 5.97 Å². The summed E-state index contributed by atoms with van der Waals surface area (Å²) in [6.45, 7) is 4.52. The Labute approximate surface area is 124 Å². The van der Waals surface area contributed by atoms with Gasteiger partial charge in [0.15, 0.2) is 0 Å². The van der Waals surface area contributed by atoms with Crippen LogP contribution in [0.2, 0.25) is 0 Å². The van der Waals surface area contributed by atoms with E-state index in [4.69, 9.17) is 9.47 Å². The van der Waals surface area contributed by atoms with E-state index in [1.165, 1.54) is 0 Å². The number of carbonyl (C=O) groups is 1. The third-order valence-electron chi connectivity index (χ3n) is 3.63. The van der Waals surface area contributed by atoms with E-state index in [9.17, 15) is 9.90 Å². The molecule has 0 radical (unpaired) electrons. The maximum absolute atomic E-state index is 11.3. The van der Waals surface area contributed by atoms with Crippen LogP contribution in [0.1, 0.15) is 30.6 Å². The summed E-state index contributed by atoms with van der Waals surface area (Å²) in [5.74, 6) is -0.235. The molecule has 0 spiro atoms. The van der Waals surface area contributed by atoms with Gasteiger partial charge in [-0.15, -0.1) is 0 Å². The largest absolute Gasteiger partial charge is 0.493 e. The molecule has 1 N–H and O–H groups in total. The molecule has 0 bridgehead atoms.